The van der Waals surface area contributed by atoms with E-state index >= 15 is 0 Å². The molecule has 29 heavy (non-hydrogen) atoms. The smallest absolute Gasteiger partial charge is 0.308 e. The monoisotopic (exact) mass is 451 g/mol. The van der Waals surface area contributed by atoms with Gasteiger partial charge in [0.25, 0.3) is 5.91 Å². The molecule has 0 saturated carbocycles. The Morgan fingerprint density at radius 2 is 1.90 bits per heavy atom. The second kappa shape index (κ2) is 8.02. The zero-order chi connectivity index (χ0) is 20.6. The summed E-state index contributed by atoms with van der Waals surface area (Å²) in [7, 11) is -3.68. The number of carbonyl (C=O) groups is 1. The van der Waals surface area contributed by atoms with Crippen molar-refractivity contribution >= 4 is 48.8 Å². The fourth-order valence-electron chi connectivity index (χ4n) is 3.49. The topological polar surface area (TPSA) is 79.7 Å². The molecule has 1 amide bonds. The highest BCUT2D eigenvalue weighted by Crippen LogP contribution is 2.25. The van der Waals surface area contributed by atoms with Crippen LogP contribution in [-0.2, 0) is 16.6 Å². The molecule has 4 rings (SSSR count). The molecule has 0 radical (unpaired) electrons. The molecule has 1 aromatic carbocycles. The van der Waals surface area contributed by atoms with Crippen molar-refractivity contribution in [1.29, 1.82) is 0 Å². The molecule has 0 aliphatic carbocycles. The van der Waals surface area contributed by atoms with E-state index in [1.165, 1.54) is 15.6 Å². The Balaban J connectivity index is 1.53. The summed E-state index contributed by atoms with van der Waals surface area (Å²) in [5.41, 5.74) is 1.41. The van der Waals surface area contributed by atoms with Gasteiger partial charge in [-0.1, -0.05) is 18.3 Å². The minimum Gasteiger partial charge on any atom is -0.336 e. The van der Waals surface area contributed by atoms with Crippen molar-refractivity contribution in [2.24, 2.45) is 0 Å². The molecule has 1 saturated heterocycles. The minimum absolute atomic E-state index is 0.0632. The normalized spacial score (nSPS) is 15.8. The zero-order valence-electron chi connectivity index (χ0n) is 15.9. The Bertz CT molecular complexity index is 1190. The molecule has 0 spiro atoms. The lowest BCUT2D eigenvalue weighted by molar-refractivity contribution is 0.0698. The highest BCUT2D eigenvalue weighted by Gasteiger charge is 2.31. The van der Waals surface area contributed by atoms with Crippen LogP contribution in [0.1, 0.15) is 23.7 Å². The first-order chi connectivity index (χ1) is 13.9. The number of aromatic nitrogens is 1. The van der Waals surface area contributed by atoms with E-state index in [4.69, 9.17) is 0 Å². The lowest BCUT2D eigenvalue weighted by Gasteiger charge is -2.33. The number of aryl methyl sites for hydroxylation is 1. The number of thiazole rings is 1. The molecule has 0 N–H and O–H groups in total. The van der Waals surface area contributed by atoms with E-state index in [0.717, 1.165) is 23.3 Å². The number of hydrogen-bond acceptors (Lipinski definition) is 6. The summed E-state index contributed by atoms with van der Waals surface area (Å²) in [6.45, 7) is 3.84. The first-order valence-electron chi connectivity index (χ1n) is 9.37. The molecule has 0 atom stereocenters. The summed E-state index contributed by atoms with van der Waals surface area (Å²) >= 11 is 2.53. The number of hydrogen-bond donors (Lipinski definition) is 0. The molecule has 154 valence electrons. The summed E-state index contributed by atoms with van der Waals surface area (Å²) in [5.74, 6) is -0.0632. The van der Waals surface area contributed by atoms with Crippen LogP contribution in [0.2, 0.25) is 0 Å². The average molecular weight is 452 g/mol. The van der Waals surface area contributed by atoms with Crippen molar-refractivity contribution < 1.29 is 13.2 Å². The van der Waals surface area contributed by atoms with Gasteiger partial charge in [0, 0.05) is 38.1 Å². The van der Waals surface area contributed by atoms with Crippen molar-refractivity contribution in [3.05, 3.63) is 50.3 Å². The van der Waals surface area contributed by atoms with Crippen molar-refractivity contribution in [3.8, 4) is 0 Å². The summed E-state index contributed by atoms with van der Waals surface area (Å²) in [4.78, 5) is 26.4. The van der Waals surface area contributed by atoms with E-state index in [0.29, 0.717) is 29.9 Å². The second-order valence-corrected chi connectivity index (χ2v) is 10.6. The maximum absolute atomic E-state index is 13.1. The van der Waals surface area contributed by atoms with Crippen LogP contribution in [0.25, 0.3) is 10.2 Å². The Morgan fingerprint density at radius 1 is 1.14 bits per heavy atom. The Kier molecular flexibility index (Phi) is 5.60. The van der Waals surface area contributed by atoms with E-state index in [1.54, 1.807) is 39.1 Å². The number of carbonyl (C=O) groups excluding carboxylic acids is 1. The average Bonchev–Trinajstić information content (AvgIpc) is 3.36. The SMILES string of the molecule is CCCn1c(=O)sc2cc(S(=O)(=O)N3CCN(C(=O)c4ccsc4)CC3)ccc21. The van der Waals surface area contributed by atoms with Gasteiger partial charge in [0.1, 0.15) is 0 Å². The van der Waals surface area contributed by atoms with Crippen LogP contribution < -0.4 is 4.87 Å². The van der Waals surface area contributed by atoms with Crippen LogP contribution in [0, 0.1) is 0 Å². The van der Waals surface area contributed by atoms with Gasteiger partial charge in [0.15, 0.2) is 0 Å². The predicted octanol–water partition coefficient (Wildman–Crippen LogP) is 2.68. The minimum atomic E-state index is -3.68. The third kappa shape index (κ3) is 3.77. The second-order valence-electron chi connectivity index (χ2n) is 6.86. The largest absolute Gasteiger partial charge is 0.336 e. The van der Waals surface area contributed by atoms with Crippen molar-refractivity contribution in [2.75, 3.05) is 26.2 Å². The highest BCUT2D eigenvalue weighted by molar-refractivity contribution is 7.89. The standard InChI is InChI=1S/C19H21N3O4S3/c1-2-6-22-16-4-3-15(12-17(16)28-19(22)24)29(25,26)21-9-7-20(8-10-21)18(23)14-5-11-27-13-14/h3-5,11-13H,2,6-10H2,1H3. The van der Waals surface area contributed by atoms with Gasteiger partial charge in [0.2, 0.25) is 10.0 Å². The Labute approximate surface area is 176 Å². The van der Waals surface area contributed by atoms with Gasteiger partial charge in [-0.3, -0.25) is 14.2 Å². The molecule has 1 fully saturated rings. The first kappa shape index (κ1) is 20.3. The number of benzene rings is 1. The fourth-order valence-corrected chi connectivity index (χ4v) is 6.60. The third-order valence-corrected chi connectivity index (χ3v) is 8.54. The van der Waals surface area contributed by atoms with Crippen molar-refractivity contribution in [2.45, 2.75) is 24.8 Å². The van der Waals surface area contributed by atoms with E-state index in [1.807, 2.05) is 12.3 Å². The predicted molar refractivity (Wildman–Crippen MR) is 115 cm³/mol. The van der Waals surface area contributed by atoms with E-state index in [2.05, 4.69) is 0 Å². The summed E-state index contributed by atoms with van der Waals surface area (Å²) in [6, 6.07) is 6.65. The van der Waals surface area contributed by atoms with Gasteiger partial charge in [-0.15, -0.1) is 0 Å². The van der Waals surface area contributed by atoms with Crippen LogP contribution in [0.4, 0.5) is 0 Å². The molecular weight excluding hydrogens is 430 g/mol. The molecule has 3 aromatic rings. The van der Waals surface area contributed by atoms with Gasteiger partial charge in [-0.25, -0.2) is 8.42 Å². The molecule has 1 aliphatic rings. The van der Waals surface area contributed by atoms with Gasteiger partial charge in [-0.2, -0.15) is 15.6 Å². The Morgan fingerprint density at radius 3 is 2.55 bits per heavy atom. The maximum Gasteiger partial charge on any atom is 0.308 e. The fraction of sp³-hybridized carbons (Fsp3) is 0.368. The van der Waals surface area contributed by atoms with Gasteiger partial charge in [0.05, 0.1) is 20.7 Å². The summed E-state index contributed by atoms with van der Waals surface area (Å²) in [5, 5.41) is 3.66. The van der Waals surface area contributed by atoms with Crippen LogP contribution in [0.3, 0.4) is 0 Å². The van der Waals surface area contributed by atoms with Crippen LogP contribution >= 0.6 is 22.7 Å². The number of piperazine rings is 1. The van der Waals surface area contributed by atoms with Gasteiger partial charge in [-0.05, 0) is 36.1 Å². The van der Waals surface area contributed by atoms with Crippen LogP contribution in [0.5, 0.6) is 0 Å². The highest BCUT2D eigenvalue weighted by atomic mass is 32.2. The number of fused-ring (bicyclic) bond motifs is 1. The molecular formula is C19H21N3O4S3. The van der Waals surface area contributed by atoms with Crippen LogP contribution in [-0.4, -0.2) is 54.3 Å². The van der Waals surface area contributed by atoms with Gasteiger partial charge < -0.3 is 4.90 Å². The molecule has 1 aliphatic heterocycles. The first-order valence-corrected chi connectivity index (χ1v) is 12.6. The lowest BCUT2D eigenvalue weighted by atomic mass is 10.2. The molecule has 2 aromatic heterocycles. The third-order valence-electron chi connectivity index (χ3n) is 5.02. The number of amides is 1. The zero-order valence-corrected chi connectivity index (χ0v) is 18.4. The van der Waals surface area contributed by atoms with Crippen LogP contribution in [0.15, 0.2) is 44.7 Å². The van der Waals surface area contributed by atoms with Gasteiger partial charge >= 0.3 is 4.87 Å². The Hall–Kier alpha value is -2.01. The van der Waals surface area contributed by atoms with Crippen molar-refractivity contribution in [3.63, 3.8) is 0 Å². The summed E-state index contributed by atoms with van der Waals surface area (Å²) in [6.07, 6.45) is 0.834. The molecule has 0 unspecified atom stereocenters. The number of rotatable bonds is 5. The maximum atomic E-state index is 13.1. The molecule has 7 nitrogen and oxygen atoms in total. The number of nitrogens with zero attached hydrogens (tertiary/aromatic N) is 3. The van der Waals surface area contributed by atoms with E-state index in [-0.39, 0.29) is 28.8 Å². The molecule has 3 heterocycles. The quantitative estimate of drug-likeness (QED) is 0.597. The number of thiophene rings is 1. The van der Waals surface area contributed by atoms with Crippen molar-refractivity contribution in [1.82, 2.24) is 13.8 Å². The molecule has 10 heteroatoms. The summed E-state index contributed by atoms with van der Waals surface area (Å²) < 4.78 is 30.0. The van der Waals surface area contributed by atoms with E-state index in [9.17, 15) is 18.0 Å². The lowest BCUT2D eigenvalue weighted by Crippen LogP contribution is -2.50. The van der Waals surface area contributed by atoms with E-state index < -0.39 is 10.0 Å². The molecule has 0 bridgehead atoms. The number of sulfonamides is 1.